The summed E-state index contributed by atoms with van der Waals surface area (Å²) in [5, 5.41) is 11.7. The van der Waals surface area contributed by atoms with Gasteiger partial charge in [0.25, 0.3) is 11.5 Å². The Balaban J connectivity index is 1.98. The predicted molar refractivity (Wildman–Crippen MR) is 102 cm³/mol. The Morgan fingerprint density at radius 3 is 2.52 bits per heavy atom. The van der Waals surface area contributed by atoms with Gasteiger partial charge in [-0.15, -0.1) is 0 Å². The number of aliphatic hydroxyl groups excluding tert-OH is 1. The van der Waals surface area contributed by atoms with Gasteiger partial charge >= 0.3 is 7.60 Å². The van der Waals surface area contributed by atoms with Crippen molar-refractivity contribution in [3.63, 3.8) is 0 Å². The van der Waals surface area contributed by atoms with Crippen molar-refractivity contribution >= 4 is 24.5 Å². The van der Waals surface area contributed by atoms with E-state index in [2.05, 4.69) is 9.97 Å². The van der Waals surface area contributed by atoms with Gasteiger partial charge in [-0.3, -0.25) is 19.1 Å². The highest BCUT2D eigenvalue weighted by Crippen LogP contribution is 2.32. The number of nitrogens with zero attached hydrogens (tertiary/aromatic N) is 1. The Bertz CT molecular complexity index is 1170. The SMILES string of the molecule is O=C(NCP(=O)(O)O)c1c(CO)c2ncc(Cc3ccc(F)cc3)cc2[nH]c1=O. The first kappa shape index (κ1) is 20.8. The maximum atomic E-state index is 13.0. The molecule has 1 aromatic carbocycles. The first-order valence-electron chi connectivity index (χ1n) is 8.40. The second kappa shape index (κ2) is 8.22. The molecule has 9 nitrogen and oxygen atoms in total. The van der Waals surface area contributed by atoms with Gasteiger partial charge in [-0.1, -0.05) is 12.1 Å². The third-order valence-electron chi connectivity index (χ3n) is 4.16. The molecule has 0 fully saturated rings. The van der Waals surface area contributed by atoms with Crippen LogP contribution in [0.5, 0.6) is 0 Å². The van der Waals surface area contributed by atoms with Gasteiger partial charge in [0.1, 0.15) is 17.7 Å². The van der Waals surface area contributed by atoms with Gasteiger partial charge in [-0.2, -0.15) is 0 Å². The largest absolute Gasteiger partial charge is 0.392 e. The molecule has 0 aliphatic rings. The van der Waals surface area contributed by atoms with Crippen molar-refractivity contribution in [3.8, 4) is 0 Å². The fourth-order valence-electron chi connectivity index (χ4n) is 2.88. The lowest BCUT2D eigenvalue weighted by molar-refractivity contribution is 0.0952. The van der Waals surface area contributed by atoms with Crippen LogP contribution in [-0.4, -0.2) is 37.1 Å². The molecule has 0 saturated heterocycles. The van der Waals surface area contributed by atoms with Crippen LogP contribution in [0.1, 0.15) is 27.0 Å². The van der Waals surface area contributed by atoms with Gasteiger partial charge in [0.15, 0.2) is 0 Å². The standard InChI is InChI=1S/C18H17FN3O6P/c19-12-3-1-10(2-4-12)5-11-6-14-16(20-7-11)13(8-23)15(18(25)22-14)17(24)21-9-29(26,27)28/h1-4,6-7,23H,5,8-9H2,(H,21,24)(H,22,25)(H2,26,27,28). The molecule has 5 N–H and O–H groups in total. The predicted octanol–water partition coefficient (Wildman–Crippen LogP) is 1.01. The van der Waals surface area contributed by atoms with Gasteiger partial charge in [0.2, 0.25) is 0 Å². The number of hydrogen-bond donors (Lipinski definition) is 5. The maximum Gasteiger partial charge on any atom is 0.344 e. The molecule has 0 aliphatic heterocycles. The zero-order valence-corrected chi connectivity index (χ0v) is 15.8. The van der Waals surface area contributed by atoms with Crippen molar-refractivity contribution in [1.29, 1.82) is 0 Å². The number of benzene rings is 1. The van der Waals surface area contributed by atoms with Crippen LogP contribution in [0.4, 0.5) is 4.39 Å². The molecule has 0 radical (unpaired) electrons. The van der Waals surface area contributed by atoms with E-state index in [0.29, 0.717) is 12.0 Å². The molecule has 152 valence electrons. The molecule has 11 heteroatoms. The van der Waals surface area contributed by atoms with E-state index in [4.69, 9.17) is 9.79 Å². The summed E-state index contributed by atoms with van der Waals surface area (Å²) in [4.78, 5) is 49.1. The Morgan fingerprint density at radius 2 is 1.90 bits per heavy atom. The van der Waals surface area contributed by atoms with Crippen molar-refractivity contribution in [2.24, 2.45) is 0 Å². The van der Waals surface area contributed by atoms with Crippen molar-refractivity contribution in [1.82, 2.24) is 15.3 Å². The van der Waals surface area contributed by atoms with Crippen molar-refractivity contribution in [2.75, 3.05) is 6.29 Å². The number of fused-ring (bicyclic) bond motifs is 1. The highest BCUT2D eigenvalue weighted by Gasteiger charge is 2.22. The van der Waals surface area contributed by atoms with E-state index in [-0.39, 0.29) is 22.4 Å². The third kappa shape index (κ3) is 4.93. The molecule has 29 heavy (non-hydrogen) atoms. The number of amides is 1. The molecule has 0 bridgehead atoms. The molecule has 0 spiro atoms. The van der Waals surface area contributed by atoms with Crippen molar-refractivity contribution < 1.29 is 28.6 Å². The molecule has 3 aromatic rings. The highest BCUT2D eigenvalue weighted by atomic mass is 31.2. The fraction of sp³-hybridized carbons (Fsp3) is 0.167. The van der Waals surface area contributed by atoms with Gasteiger partial charge < -0.3 is 25.2 Å². The van der Waals surface area contributed by atoms with Crippen LogP contribution in [0.2, 0.25) is 0 Å². The smallest absolute Gasteiger partial charge is 0.344 e. The minimum atomic E-state index is -4.52. The maximum absolute atomic E-state index is 13.0. The Labute approximate surface area is 163 Å². The van der Waals surface area contributed by atoms with Gasteiger partial charge in [-0.25, -0.2) is 4.39 Å². The summed E-state index contributed by atoms with van der Waals surface area (Å²) in [7, 11) is -4.52. The Hall–Kier alpha value is -2.91. The number of aromatic amines is 1. The summed E-state index contributed by atoms with van der Waals surface area (Å²) >= 11 is 0. The van der Waals surface area contributed by atoms with Crippen LogP contribution in [-0.2, 0) is 17.6 Å². The monoisotopic (exact) mass is 421 g/mol. The third-order valence-corrected chi connectivity index (χ3v) is 4.73. The number of H-pyrrole nitrogens is 1. The number of carbonyl (C=O) groups is 1. The van der Waals surface area contributed by atoms with E-state index >= 15 is 0 Å². The average Bonchev–Trinajstić information content (AvgIpc) is 2.66. The summed E-state index contributed by atoms with van der Waals surface area (Å²) in [5.74, 6) is -1.38. The first-order valence-corrected chi connectivity index (χ1v) is 10.2. The van der Waals surface area contributed by atoms with E-state index in [0.717, 1.165) is 5.56 Å². The van der Waals surface area contributed by atoms with Crippen molar-refractivity contribution in [3.05, 3.63) is 75.0 Å². The number of aromatic nitrogens is 2. The van der Waals surface area contributed by atoms with E-state index in [9.17, 15) is 23.7 Å². The van der Waals surface area contributed by atoms with Gasteiger partial charge in [0, 0.05) is 11.8 Å². The van der Waals surface area contributed by atoms with E-state index in [1.165, 1.54) is 18.3 Å². The zero-order valence-electron chi connectivity index (χ0n) is 14.9. The minimum Gasteiger partial charge on any atom is -0.392 e. The van der Waals surface area contributed by atoms with Gasteiger partial charge in [-0.05, 0) is 35.7 Å². The van der Waals surface area contributed by atoms with Crippen LogP contribution in [0.15, 0.2) is 41.3 Å². The molecule has 3 rings (SSSR count). The lowest BCUT2D eigenvalue weighted by atomic mass is 10.0. The molecule has 0 unspecified atom stereocenters. The Kier molecular flexibility index (Phi) is 5.90. The molecule has 2 heterocycles. The number of nitrogens with one attached hydrogen (secondary N) is 2. The second-order valence-corrected chi connectivity index (χ2v) is 7.98. The van der Waals surface area contributed by atoms with Crippen molar-refractivity contribution in [2.45, 2.75) is 13.0 Å². The summed E-state index contributed by atoms with van der Waals surface area (Å²) in [5.41, 5.74) is 0.646. The van der Waals surface area contributed by atoms with Crippen LogP contribution in [0.3, 0.4) is 0 Å². The van der Waals surface area contributed by atoms with E-state index in [1.54, 1.807) is 18.2 Å². The average molecular weight is 421 g/mol. The summed E-state index contributed by atoms with van der Waals surface area (Å²) in [6, 6.07) is 7.53. The molecule has 1 amide bonds. The minimum absolute atomic E-state index is 0.0553. The van der Waals surface area contributed by atoms with Gasteiger partial charge in [0.05, 0.1) is 17.6 Å². The number of pyridine rings is 2. The van der Waals surface area contributed by atoms with E-state index < -0.39 is 37.5 Å². The topological polar surface area (TPSA) is 153 Å². The van der Waals surface area contributed by atoms with Crippen LogP contribution < -0.4 is 10.9 Å². The van der Waals surface area contributed by atoms with Crippen LogP contribution in [0, 0.1) is 5.82 Å². The van der Waals surface area contributed by atoms with E-state index in [1.807, 2.05) is 5.32 Å². The first-order chi connectivity index (χ1) is 13.7. The van der Waals surface area contributed by atoms with Crippen LogP contribution in [0.25, 0.3) is 11.0 Å². The van der Waals surface area contributed by atoms with Crippen LogP contribution >= 0.6 is 7.60 Å². The molecule has 0 aliphatic carbocycles. The summed E-state index contributed by atoms with van der Waals surface area (Å²) in [6.45, 7) is -0.677. The summed E-state index contributed by atoms with van der Waals surface area (Å²) in [6.07, 6.45) is 0.975. The fourth-order valence-corrected chi connectivity index (χ4v) is 3.23. The second-order valence-electron chi connectivity index (χ2n) is 6.34. The molecular weight excluding hydrogens is 404 g/mol. The molecule has 0 atom stereocenters. The molecular formula is C18H17FN3O6P. The Morgan fingerprint density at radius 1 is 1.21 bits per heavy atom. The number of carbonyl (C=O) groups excluding carboxylic acids is 1. The number of aliphatic hydroxyl groups is 1. The number of hydrogen-bond acceptors (Lipinski definition) is 5. The molecule has 2 aromatic heterocycles. The normalized spacial score (nSPS) is 11.6. The highest BCUT2D eigenvalue weighted by molar-refractivity contribution is 7.51. The summed E-state index contributed by atoms with van der Waals surface area (Å²) < 4.78 is 24.0. The number of halogens is 1. The lowest BCUT2D eigenvalue weighted by Gasteiger charge is -2.12. The number of rotatable bonds is 6. The molecule has 0 saturated carbocycles. The quantitative estimate of drug-likeness (QED) is 0.372. The zero-order chi connectivity index (χ0) is 21.2. The lowest BCUT2D eigenvalue weighted by Crippen LogP contribution is -2.32.